The molecule has 2 aromatic rings. The molecule has 2 nitrogen and oxygen atoms in total. The Balaban J connectivity index is 2.01. The zero-order valence-electron chi connectivity index (χ0n) is 18.5. The van der Waals surface area contributed by atoms with Gasteiger partial charge in [0, 0.05) is 13.0 Å². The molecule has 0 fully saturated rings. The Morgan fingerprint density at radius 2 is 1.17 bits per heavy atom. The van der Waals surface area contributed by atoms with Gasteiger partial charge in [0.1, 0.15) is 0 Å². The summed E-state index contributed by atoms with van der Waals surface area (Å²) in [6, 6.07) is 24.0. The summed E-state index contributed by atoms with van der Waals surface area (Å²) in [6.45, 7) is 7.82. The highest BCUT2D eigenvalue weighted by Gasteiger charge is 2.49. The van der Waals surface area contributed by atoms with E-state index in [1.165, 1.54) is 42.5 Å². The SMILES string of the molecule is CC(C)(C)[Si](OCCCCCCCCCC#N)(c1ccccc1)c1ccccc1. The molecule has 0 saturated heterocycles. The van der Waals surface area contributed by atoms with Gasteiger partial charge in [0.2, 0.25) is 0 Å². The van der Waals surface area contributed by atoms with Crippen LogP contribution in [0.25, 0.3) is 0 Å². The fourth-order valence-corrected chi connectivity index (χ4v) is 8.78. The fourth-order valence-electron chi connectivity index (χ4n) is 4.18. The van der Waals surface area contributed by atoms with Crippen molar-refractivity contribution in [2.75, 3.05) is 6.61 Å². The number of nitriles is 1. The van der Waals surface area contributed by atoms with Gasteiger partial charge in [-0.25, -0.2) is 0 Å². The van der Waals surface area contributed by atoms with Crippen molar-refractivity contribution in [3.05, 3.63) is 60.7 Å². The van der Waals surface area contributed by atoms with Crippen molar-refractivity contribution >= 4 is 18.7 Å². The predicted octanol–water partition coefficient (Wildman–Crippen LogP) is 6.21. The molecule has 2 rings (SSSR count). The standard InChI is InChI=1S/C26H37NOSi/c1-26(2,3)29(24-18-12-10-13-19-24,25-20-14-11-15-21-25)28-23-17-9-7-5-4-6-8-16-22-27/h10-15,18-21H,4-9,16-17,23H2,1-3H3. The molecule has 0 radical (unpaired) electrons. The number of hydrogen-bond acceptors (Lipinski definition) is 2. The van der Waals surface area contributed by atoms with Gasteiger partial charge in [0.15, 0.2) is 0 Å². The molecule has 0 amide bonds. The minimum atomic E-state index is -2.37. The Morgan fingerprint density at radius 3 is 1.62 bits per heavy atom. The molecule has 0 heterocycles. The van der Waals surface area contributed by atoms with Crippen LogP contribution in [0.4, 0.5) is 0 Å². The normalized spacial score (nSPS) is 11.9. The molecule has 0 aliphatic rings. The van der Waals surface area contributed by atoms with Gasteiger partial charge in [-0.2, -0.15) is 5.26 Å². The van der Waals surface area contributed by atoms with Crippen molar-refractivity contribution in [3.63, 3.8) is 0 Å². The minimum absolute atomic E-state index is 0.0520. The van der Waals surface area contributed by atoms with Crippen molar-refractivity contribution in [2.24, 2.45) is 0 Å². The van der Waals surface area contributed by atoms with E-state index in [4.69, 9.17) is 9.69 Å². The zero-order chi connectivity index (χ0) is 21.0. The minimum Gasteiger partial charge on any atom is -0.407 e. The number of unbranched alkanes of at least 4 members (excludes halogenated alkanes) is 7. The Bertz CT molecular complexity index is 691. The van der Waals surface area contributed by atoms with Gasteiger partial charge in [0.25, 0.3) is 8.32 Å². The van der Waals surface area contributed by atoms with E-state index in [0.29, 0.717) is 6.42 Å². The highest BCUT2D eigenvalue weighted by Crippen LogP contribution is 2.36. The van der Waals surface area contributed by atoms with Crippen LogP contribution in [-0.2, 0) is 4.43 Å². The molecule has 3 heteroatoms. The highest BCUT2D eigenvalue weighted by atomic mass is 28.4. The zero-order valence-corrected chi connectivity index (χ0v) is 19.5. The van der Waals surface area contributed by atoms with Crippen LogP contribution in [0.3, 0.4) is 0 Å². The molecule has 2 aromatic carbocycles. The highest BCUT2D eigenvalue weighted by molar-refractivity contribution is 6.99. The van der Waals surface area contributed by atoms with Gasteiger partial charge in [-0.05, 0) is 28.3 Å². The predicted molar refractivity (Wildman–Crippen MR) is 126 cm³/mol. The molecule has 29 heavy (non-hydrogen) atoms. The first kappa shape index (κ1) is 23.4. The van der Waals surface area contributed by atoms with Crippen molar-refractivity contribution < 1.29 is 4.43 Å². The van der Waals surface area contributed by atoms with E-state index in [1.807, 2.05) is 0 Å². The van der Waals surface area contributed by atoms with Crippen LogP contribution in [0.1, 0.15) is 72.1 Å². The molecule has 0 unspecified atom stereocenters. The Kier molecular flexibility index (Phi) is 9.64. The molecule has 0 aliphatic heterocycles. The van der Waals surface area contributed by atoms with E-state index < -0.39 is 8.32 Å². The lowest BCUT2D eigenvalue weighted by Crippen LogP contribution is -2.66. The first-order chi connectivity index (χ1) is 14.0. The van der Waals surface area contributed by atoms with Crippen LogP contribution in [0.15, 0.2) is 60.7 Å². The summed E-state index contributed by atoms with van der Waals surface area (Å²) in [7, 11) is -2.37. The smallest absolute Gasteiger partial charge is 0.261 e. The van der Waals surface area contributed by atoms with Gasteiger partial charge in [-0.1, -0.05) is 114 Å². The van der Waals surface area contributed by atoms with Crippen molar-refractivity contribution in [1.29, 1.82) is 5.26 Å². The van der Waals surface area contributed by atoms with E-state index >= 15 is 0 Å². The maximum atomic E-state index is 8.59. The average molecular weight is 408 g/mol. The quantitative estimate of drug-likeness (QED) is 0.310. The van der Waals surface area contributed by atoms with E-state index in [0.717, 1.165) is 19.4 Å². The topological polar surface area (TPSA) is 33.0 Å². The third-order valence-electron chi connectivity index (χ3n) is 5.67. The summed E-state index contributed by atoms with van der Waals surface area (Å²) in [5.74, 6) is 0. The number of benzene rings is 2. The summed E-state index contributed by atoms with van der Waals surface area (Å²) in [5.41, 5.74) is 0. The molecule has 0 spiro atoms. The van der Waals surface area contributed by atoms with Crippen LogP contribution in [0.5, 0.6) is 0 Å². The molecule has 0 atom stereocenters. The van der Waals surface area contributed by atoms with Crippen molar-refractivity contribution in [2.45, 2.75) is 77.2 Å². The Hall–Kier alpha value is -1.89. The van der Waals surface area contributed by atoms with Crippen molar-refractivity contribution in [1.82, 2.24) is 0 Å². The van der Waals surface area contributed by atoms with Crippen LogP contribution < -0.4 is 10.4 Å². The van der Waals surface area contributed by atoms with Gasteiger partial charge >= 0.3 is 0 Å². The molecular weight excluding hydrogens is 370 g/mol. The second kappa shape index (κ2) is 12.0. The summed E-state index contributed by atoms with van der Waals surface area (Å²) >= 11 is 0. The van der Waals surface area contributed by atoms with Crippen LogP contribution >= 0.6 is 0 Å². The largest absolute Gasteiger partial charge is 0.407 e. The number of hydrogen-bond donors (Lipinski definition) is 0. The molecule has 0 aliphatic carbocycles. The molecular formula is C26H37NOSi. The second-order valence-corrected chi connectivity index (χ2v) is 13.2. The lowest BCUT2D eigenvalue weighted by molar-refractivity contribution is 0.286. The Labute approximate surface area is 179 Å². The third-order valence-corrected chi connectivity index (χ3v) is 10.7. The second-order valence-electron chi connectivity index (χ2n) is 8.89. The van der Waals surface area contributed by atoms with Gasteiger partial charge in [-0.3, -0.25) is 0 Å². The van der Waals surface area contributed by atoms with Gasteiger partial charge in [0.05, 0.1) is 6.07 Å². The number of rotatable bonds is 12. The van der Waals surface area contributed by atoms with Crippen LogP contribution in [0.2, 0.25) is 5.04 Å². The van der Waals surface area contributed by atoms with Crippen molar-refractivity contribution in [3.8, 4) is 6.07 Å². The fraction of sp³-hybridized carbons (Fsp3) is 0.500. The van der Waals surface area contributed by atoms with Crippen LogP contribution in [0, 0.1) is 11.3 Å². The third kappa shape index (κ3) is 6.56. The van der Waals surface area contributed by atoms with E-state index in [2.05, 4.69) is 87.5 Å². The van der Waals surface area contributed by atoms with Gasteiger partial charge < -0.3 is 4.43 Å². The summed E-state index contributed by atoms with van der Waals surface area (Å²) < 4.78 is 6.93. The lowest BCUT2D eigenvalue weighted by atomic mass is 10.1. The molecule has 0 bridgehead atoms. The monoisotopic (exact) mass is 407 g/mol. The first-order valence-electron chi connectivity index (χ1n) is 11.1. The molecule has 0 aromatic heterocycles. The van der Waals surface area contributed by atoms with Gasteiger partial charge in [-0.15, -0.1) is 0 Å². The van der Waals surface area contributed by atoms with E-state index in [-0.39, 0.29) is 5.04 Å². The maximum absolute atomic E-state index is 8.59. The molecule has 0 saturated carbocycles. The van der Waals surface area contributed by atoms with Crippen LogP contribution in [-0.4, -0.2) is 14.9 Å². The summed E-state index contributed by atoms with van der Waals surface area (Å²) in [6.07, 6.45) is 9.05. The summed E-state index contributed by atoms with van der Waals surface area (Å²) in [4.78, 5) is 0. The number of nitrogens with zero attached hydrogens (tertiary/aromatic N) is 1. The maximum Gasteiger partial charge on any atom is 0.261 e. The Morgan fingerprint density at radius 1 is 0.724 bits per heavy atom. The lowest BCUT2D eigenvalue weighted by Gasteiger charge is -2.43. The summed E-state index contributed by atoms with van der Waals surface area (Å²) in [5, 5.41) is 11.4. The average Bonchev–Trinajstić information content (AvgIpc) is 2.72. The molecule has 156 valence electrons. The molecule has 0 N–H and O–H groups in total. The van der Waals surface area contributed by atoms with E-state index in [1.54, 1.807) is 0 Å². The first-order valence-corrected chi connectivity index (χ1v) is 13.0. The van der Waals surface area contributed by atoms with E-state index in [9.17, 15) is 0 Å².